The number of nitrogens with zero attached hydrogens (tertiary/aromatic N) is 1. The number of hydrogen-bond donors (Lipinski definition) is 1. The van der Waals surface area contributed by atoms with Crippen LogP contribution in [0.5, 0.6) is 0 Å². The SMILES string of the molecule is O=C(O)/C(=C/c1ccccc1)CC(=O)N1CCCCCC1. The highest BCUT2D eigenvalue weighted by Gasteiger charge is 2.19. The van der Waals surface area contributed by atoms with Gasteiger partial charge in [-0.3, -0.25) is 4.79 Å². The molecular weight excluding hydrogens is 266 g/mol. The minimum atomic E-state index is -1.03. The van der Waals surface area contributed by atoms with E-state index in [1.807, 2.05) is 30.3 Å². The van der Waals surface area contributed by atoms with E-state index in [4.69, 9.17) is 0 Å². The fourth-order valence-electron chi connectivity index (χ4n) is 2.53. The molecule has 0 bridgehead atoms. The first kappa shape index (κ1) is 15.3. The predicted molar refractivity (Wildman–Crippen MR) is 81.7 cm³/mol. The molecule has 112 valence electrons. The topological polar surface area (TPSA) is 57.6 Å². The number of likely N-dealkylation sites (tertiary alicyclic amines) is 1. The molecule has 1 N–H and O–H groups in total. The van der Waals surface area contributed by atoms with Crippen molar-refractivity contribution < 1.29 is 14.7 Å². The van der Waals surface area contributed by atoms with Gasteiger partial charge in [0.05, 0.1) is 6.42 Å². The molecule has 21 heavy (non-hydrogen) atoms. The van der Waals surface area contributed by atoms with Gasteiger partial charge >= 0.3 is 5.97 Å². The summed E-state index contributed by atoms with van der Waals surface area (Å²) >= 11 is 0. The van der Waals surface area contributed by atoms with Crippen molar-refractivity contribution >= 4 is 18.0 Å². The molecule has 1 aliphatic rings. The summed E-state index contributed by atoms with van der Waals surface area (Å²) in [6, 6.07) is 9.24. The molecule has 1 aliphatic heterocycles. The highest BCUT2D eigenvalue weighted by molar-refractivity contribution is 5.98. The van der Waals surface area contributed by atoms with Crippen LogP contribution in [0.25, 0.3) is 6.08 Å². The second-order valence-electron chi connectivity index (χ2n) is 5.36. The maximum absolute atomic E-state index is 12.3. The van der Waals surface area contributed by atoms with E-state index in [1.54, 1.807) is 11.0 Å². The lowest BCUT2D eigenvalue weighted by atomic mass is 10.1. The van der Waals surface area contributed by atoms with Gasteiger partial charge in [0.15, 0.2) is 0 Å². The van der Waals surface area contributed by atoms with Crippen LogP contribution in [0.1, 0.15) is 37.7 Å². The number of carbonyl (C=O) groups excluding carboxylic acids is 1. The summed E-state index contributed by atoms with van der Waals surface area (Å²) < 4.78 is 0. The second kappa shape index (κ2) is 7.62. The van der Waals surface area contributed by atoms with E-state index < -0.39 is 5.97 Å². The van der Waals surface area contributed by atoms with E-state index >= 15 is 0 Å². The maximum atomic E-state index is 12.3. The number of rotatable bonds is 4. The van der Waals surface area contributed by atoms with Crippen molar-refractivity contribution in [2.45, 2.75) is 32.1 Å². The van der Waals surface area contributed by atoms with Crippen LogP contribution in [-0.4, -0.2) is 35.0 Å². The van der Waals surface area contributed by atoms with Gasteiger partial charge in [-0.15, -0.1) is 0 Å². The lowest BCUT2D eigenvalue weighted by Gasteiger charge is -2.20. The van der Waals surface area contributed by atoms with Crippen molar-refractivity contribution in [2.75, 3.05) is 13.1 Å². The van der Waals surface area contributed by atoms with Crippen LogP contribution in [0.3, 0.4) is 0 Å². The molecule has 1 heterocycles. The van der Waals surface area contributed by atoms with E-state index in [2.05, 4.69) is 0 Å². The van der Waals surface area contributed by atoms with E-state index in [9.17, 15) is 14.7 Å². The first-order valence-corrected chi connectivity index (χ1v) is 7.43. The Morgan fingerprint density at radius 2 is 1.67 bits per heavy atom. The second-order valence-corrected chi connectivity index (χ2v) is 5.36. The van der Waals surface area contributed by atoms with Gasteiger partial charge in [-0.1, -0.05) is 43.2 Å². The molecule has 4 heteroatoms. The molecule has 0 atom stereocenters. The molecule has 0 saturated carbocycles. The first-order chi connectivity index (χ1) is 10.2. The van der Waals surface area contributed by atoms with Crippen LogP contribution >= 0.6 is 0 Å². The van der Waals surface area contributed by atoms with Gasteiger partial charge in [-0.25, -0.2) is 4.79 Å². The molecule has 1 aromatic rings. The Kier molecular flexibility index (Phi) is 5.55. The third-order valence-electron chi connectivity index (χ3n) is 3.72. The summed E-state index contributed by atoms with van der Waals surface area (Å²) in [6.45, 7) is 1.49. The Labute approximate surface area is 125 Å². The number of aliphatic carboxylic acids is 1. The van der Waals surface area contributed by atoms with Crippen LogP contribution in [0, 0.1) is 0 Å². The van der Waals surface area contributed by atoms with Gasteiger partial charge in [-0.05, 0) is 24.5 Å². The Morgan fingerprint density at radius 1 is 1.05 bits per heavy atom. The first-order valence-electron chi connectivity index (χ1n) is 7.43. The van der Waals surface area contributed by atoms with E-state index in [0.29, 0.717) is 0 Å². The largest absolute Gasteiger partial charge is 0.478 e. The third kappa shape index (κ3) is 4.74. The van der Waals surface area contributed by atoms with E-state index in [1.165, 1.54) is 0 Å². The highest BCUT2D eigenvalue weighted by Crippen LogP contribution is 2.15. The molecule has 0 unspecified atom stereocenters. The minimum Gasteiger partial charge on any atom is -0.478 e. The number of hydrogen-bond acceptors (Lipinski definition) is 2. The van der Waals surface area contributed by atoms with Gasteiger partial charge in [0, 0.05) is 18.7 Å². The molecule has 2 rings (SSSR count). The Morgan fingerprint density at radius 3 is 2.24 bits per heavy atom. The van der Waals surface area contributed by atoms with Gasteiger partial charge in [0.25, 0.3) is 0 Å². The van der Waals surface area contributed by atoms with Crippen LogP contribution in [0.15, 0.2) is 35.9 Å². The number of carboxylic acid groups (broad SMARTS) is 1. The molecule has 0 radical (unpaired) electrons. The maximum Gasteiger partial charge on any atom is 0.332 e. The average Bonchev–Trinajstić information content (AvgIpc) is 2.76. The molecule has 0 spiro atoms. The summed E-state index contributed by atoms with van der Waals surface area (Å²) in [6.07, 6.45) is 5.86. The average molecular weight is 287 g/mol. The molecule has 0 aliphatic carbocycles. The molecule has 4 nitrogen and oxygen atoms in total. The van der Waals surface area contributed by atoms with Crippen LogP contribution in [-0.2, 0) is 9.59 Å². The van der Waals surface area contributed by atoms with Gasteiger partial charge in [-0.2, -0.15) is 0 Å². The number of amides is 1. The van der Waals surface area contributed by atoms with Crippen molar-refractivity contribution in [3.05, 3.63) is 41.5 Å². The molecular formula is C17H21NO3. The summed E-state index contributed by atoms with van der Waals surface area (Å²) in [5, 5.41) is 9.30. The fourth-order valence-corrected chi connectivity index (χ4v) is 2.53. The van der Waals surface area contributed by atoms with Crippen LogP contribution in [0.4, 0.5) is 0 Å². The van der Waals surface area contributed by atoms with Crippen LogP contribution in [0.2, 0.25) is 0 Å². The fraction of sp³-hybridized carbons (Fsp3) is 0.412. The van der Waals surface area contributed by atoms with Crippen LogP contribution < -0.4 is 0 Å². The summed E-state index contributed by atoms with van der Waals surface area (Å²) in [5.74, 6) is -1.11. The van der Waals surface area contributed by atoms with E-state index in [0.717, 1.165) is 44.3 Å². The number of benzene rings is 1. The quantitative estimate of drug-likeness (QED) is 0.866. The highest BCUT2D eigenvalue weighted by atomic mass is 16.4. The zero-order valence-electron chi connectivity index (χ0n) is 12.1. The Hall–Kier alpha value is -2.10. The monoisotopic (exact) mass is 287 g/mol. The van der Waals surface area contributed by atoms with Crippen molar-refractivity contribution in [2.24, 2.45) is 0 Å². The summed E-state index contributed by atoms with van der Waals surface area (Å²) in [5.41, 5.74) is 0.953. The Bertz CT molecular complexity index is 514. The standard InChI is InChI=1S/C17H21NO3/c19-16(18-10-6-1-2-7-11-18)13-15(17(20)21)12-14-8-4-3-5-9-14/h3-5,8-9,12H,1-2,6-7,10-11,13H2,(H,20,21)/b15-12+. The van der Waals surface area contributed by atoms with Gasteiger partial charge in [0.1, 0.15) is 0 Å². The molecule has 1 aromatic carbocycles. The molecule has 0 aromatic heterocycles. The molecule has 1 saturated heterocycles. The van der Waals surface area contributed by atoms with Gasteiger partial charge in [0.2, 0.25) is 5.91 Å². The van der Waals surface area contributed by atoms with Crippen molar-refractivity contribution in [3.63, 3.8) is 0 Å². The minimum absolute atomic E-state index is 0.0375. The van der Waals surface area contributed by atoms with Crippen molar-refractivity contribution in [1.82, 2.24) is 4.90 Å². The number of carbonyl (C=O) groups is 2. The third-order valence-corrected chi connectivity index (χ3v) is 3.72. The lowest BCUT2D eigenvalue weighted by molar-refractivity contribution is -0.136. The zero-order chi connectivity index (χ0) is 15.1. The molecule has 1 amide bonds. The van der Waals surface area contributed by atoms with Crippen molar-refractivity contribution in [3.8, 4) is 0 Å². The predicted octanol–water partition coefficient (Wildman–Crippen LogP) is 2.95. The molecule has 1 fully saturated rings. The number of carboxylic acids is 1. The lowest BCUT2D eigenvalue weighted by Crippen LogP contribution is -2.32. The van der Waals surface area contributed by atoms with Gasteiger partial charge < -0.3 is 10.0 Å². The normalized spacial score (nSPS) is 16.4. The van der Waals surface area contributed by atoms with E-state index in [-0.39, 0.29) is 17.9 Å². The van der Waals surface area contributed by atoms with Crippen molar-refractivity contribution in [1.29, 1.82) is 0 Å². The zero-order valence-corrected chi connectivity index (χ0v) is 12.1. The summed E-state index contributed by atoms with van der Waals surface area (Å²) in [7, 11) is 0. The smallest absolute Gasteiger partial charge is 0.332 e. The summed E-state index contributed by atoms with van der Waals surface area (Å²) in [4.78, 5) is 25.4. The Balaban J connectivity index is 2.07.